The van der Waals surface area contributed by atoms with Crippen molar-refractivity contribution >= 4 is 0 Å². The molecule has 0 amide bonds. The Hall–Kier alpha value is -3.92. The molecule has 0 bridgehead atoms. The standard InChI is InChI=1S/C27H22O4/c1-15-23(28)13-11-21(25(15)30)27(22-12-14-24(29)16(2)26(22)31)19-9-5-3-7-17(19)18-8-4-6-10-20(18)27/h3-14,28-31H,1-2H3. The van der Waals surface area contributed by atoms with Crippen LogP contribution in [0.1, 0.15) is 33.4 Å². The van der Waals surface area contributed by atoms with Crippen LogP contribution in [0.3, 0.4) is 0 Å². The average molecular weight is 410 g/mol. The predicted molar refractivity (Wildman–Crippen MR) is 120 cm³/mol. The molecule has 4 aromatic rings. The summed E-state index contributed by atoms with van der Waals surface area (Å²) in [5.41, 5.74) is 4.66. The van der Waals surface area contributed by atoms with Crippen molar-refractivity contribution in [3.05, 3.63) is 106 Å². The van der Waals surface area contributed by atoms with Gasteiger partial charge in [-0.1, -0.05) is 60.7 Å². The highest BCUT2D eigenvalue weighted by Crippen LogP contribution is 2.60. The van der Waals surface area contributed by atoms with E-state index in [0.717, 1.165) is 22.3 Å². The summed E-state index contributed by atoms with van der Waals surface area (Å²) in [6.45, 7) is 3.33. The number of fused-ring (bicyclic) bond motifs is 3. The highest BCUT2D eigenvalue weighted by Gasteiger charge is 2.49. The molecule has 0 aromatic heterocycles. The molecule has 1 aliphatic rings. The smallest absolute Gasteiger partial charge is 0.126 e. The van der Waals surface area contributed by atoms with Gasteiger partial charge in [0.15, 0.2) is 0 Å². The van der Waals surface area contributed by atoms with Crippen LogP contribution in [-0.2, 0) is 5.41 Å². The van der Waals surface area contributed by atoms with Crippen molar-refractivity contribution < 1.29 is 20.4 Å². The minimum atomic E-state index is -1.03. The van der Waals surface area contributed by atoms with Gasteiger partial charge in [0.25, 0.3) is 0 Å². The Kier molecular flexibility index (Phi) is 4.02. The second-order valence-electron chi connectivity index (χ2n) is 8.05. The third-order valence-corrected chi connectivity index (χ3v) is 6.57. The highest BCUT2D eigenvalue weighted by atomic mass is 16.3. The van der Waals surface area contributed by atoms with Gasteiger partial charge < -0.3 is 20.4 Å². The Bertz CT molecular complexity index is 1250. The van der Waals surface area contributed by atoms with Crippen LogP contribution in [0.4, 0.5) is 0 Å². The Morgan fingerprint density at radius 2 is 0.871 bits per heavy atom. The largest absolute Gasteiger partial charge is 0.508 e. The van der Waals surface area contributed by atoms with Crippen LogP contribution in [-0.4, -0.2) is 20.4 Å². The highest BCUT2D eigenvalue weighted by molar-refractivity contribution is 5.88. The molecule has 154 valence electrons. The average Bonchev–Trinajstić information content (AvgIpc) is 3.07. The van der Waals surface area contributed by atoms with Gasteiger partial charge in [0.05, 0.1) is 5.41 Å². The molecular formula is C27H22O4. The van der Waals surface area contributed by atoms with Crippen LogP contribution >= 0.6 is 0 Å². The number of hydrogen-bond donors (Lipinski definition) is 4. The lowest BCUT2D eigenvalue weighted by Gasteiger charge is -2.35. The minimum Gasteiger partial charge on any atom is -0.508 e. The first-order valence-electron chi connectivity index (χ1n) is 10.1. The summed E-state index contributed by atoms with van der Waals surface area (Å²) in [7, 11) is 0. The van der Waals surface area contributed by atoms with Crippen molar-refractivity contribution in [1.29, 1.82) is 0 Å². The lowest BCUT2D eigenvalue weighted by atomic mass is 9.66. The van der Waals surface area contributed by atoms with Gasteiger partial charge in [-0.25, -0.2) is 0 Å². The second kappa shape index (κ2) is 6.54. The fourth-order valence-electron chi connectivity index (χ4n) is 4.94. The maximum absolute atomic E-state index is 11.2. The molecule has 0 radical (unpaired) electrons. The summed E-state index contributed by atoms with van der Waals surface area (Å²) < 4.78 is 0. The lowest BCUT2D eigenvalue weighted by molar-refractivity contribution is 0.425. The van der Waals surface area contributed by atoms with E-state index in [4.69, 9.17) is 0 Å². The van der Waals surface area contributed by atoms with Crippen molar-refractivity contribution in [3.63, 3.8) is 0 Å². The zero-order valence-electron chi connectivity index (χ0n) is 17.2. The van der Waals surface area contributed by atoms with E-state index in [1.807, 2.05) is 48.5 Å². The molecule has 31 heavy (non-hydrogen) atoms. The van der Waals surface area contributed by atoms with Crippen LogP contribution in [0.5, 0.6) is 23.0 Å². The first-order valence-corrected chi connectivity index (χ1v) is 10.1. The van der Waals surface area contributed by atoms with Gasteiger partial charge >= 0.3 is 0 Å². The Balaban J connectivity index is 2.04. The molecule has 0 aliphatic heterocycles. The van der Waals surface area contributed by atoms with E-state index >= 15 is 0 Å². The molecule has 0 unspecified atom stereocenters. The Morgan fingerprint density at radius 1 is 0.484 bits per heavy atom. The number of aromatic hydroxyl groups is 4. The number of hydrogen-bond acceptors (Lipinski definition) is 4. The van der Waals surface area contributed by atoms with Gasteiger partial charge in [-0.3, -0.25) is 0 Å². The molecule has 1 aliphatic carbocycles. The summed E-state index contributed by atoms with van der Waals surface area (Å²) >= 11 is 0. The summed E-state index contributed by atoms with van der Waals surface area (Å²) in [4.78, 5) is 0. The molecule has 4 aromatic carbocycles. The molecule has 4 N–H and O–H groups in total. The quantitative estimate of drug-likeness (QED) is 0.310. The number of rotatable bonds is 2. The summed E-state index contributed by atoms with van der Waals surface area (Å²) in [5.74, 6) is -0.0579. The maximum atomic E-state index is 11.2. The summed E-state index contributed by atoms with van der Waals surface area (Å²) in [6, 6.07) is 22.4. The number of phenols is 4. The van der Waals surface area contributed by atoms with Gasteiger partial charge in [0.1, 0.15) is 23.0 Å². The zero-order chi connectivity index (χ0) is 21.9. The Morgan fingerprint density at radius 3 is 1.29 bits per heavy atom. The SMILES string of the molecule is Cc1c(O)ccc(C2(c3ccc(O)c(C)c3O)c3ccccc3-c3ccccc32)c1O. The third kappa shape index (κ3) is 2.36. The van der Waals surface area contributed by atoms with Crippen molar-refractivity contribution in [3.8, 4) is 34.1 Å². The topological polar surface area (TPSA) is 80.9 Å². The molecule has 0 heterocycles. The van der Waals surface area contributed by atoms with Crippen LogP contribution in [0.25, 0.3) is 11.1 Å². The first-order chi connectivity index (χ1) is 14.9. The van der Waals surface area contributed by atoms with Crippen LogP contribution in [0.2, 0.25) is 0 Å². The minimum absolute atomic E-state index is 0.00192. The molecular weight excluding hydrogens is 388 g/mol. The van der Waals surface area contributed by atoms with Gasteiger partial charge in [-0.15, -0.1) is 0 Å². The van der Waals surface area contributed by atoms with E-state index in [1.54, 1.807) is 38.1 Å². The molecule has 0 spiro atoms. The molecule has 4 heteroatoms. The van der Waals surface area contributed by atoms with E-state index in [0.29, 0.717) is 22.3 Å². The summed E-state index contributed by atoms with van der Waals surface area (Å²) in [5, 5.41) is 42.9. The van der Waals surface area contributed by atoms with Gasteiger partial charge in [-0.05, 0) is 48.2 Å². The normalized spacial score (nSPS) is 13.6. The molecule has 0 atom stereocenters. The monoisotopic (exact) mass is 410 g/mol. The van der Waals surface area contributed by atoms with E-state index in [9.17, 15) is 20.4 Å². The van der Waals surface area contributed by atoms with Crippen molar-refractivity contribution in [2.24, 2.45) is 0 Å². The first kappa shape index (κ1) is 19.1. The Labute approximate surface area is 180 Å². The second-order valence-corrected chi connectivity index (χ2v) is 8.05. The molecule has 0 fully saturated rings. The fourth-order valence-corrected chi connectivity index (χ4v) is 4.94. The van der Waals surface area contributed by atoms with Crippen LogP contribution in [0, 0.1) is 13.8 Å². The number of benzene rings is 4. The lowest BCUT2D eigenvalue weighted by Crippen LogP contribution is -2.29. The molecule has 0 saturated heterocycles. The van der Waals surface area contributed by atoms with E-state index in [-0.39, 0.29) is 23.0 Å². The molecule has 5 rings (SSSR count). The van der Waals surface area contributed by atoms with Crippen molar-refractivity contribution in [2.75, 3.05) is 0 Å². The van der Waals surface area contributed by atoms with Crippen LogP contribution < -0.4 is 0 Å². The van der Waals surface area contributed by atoms with Gasteiger partial charge in [0, 0.05) is 22.3 Å². The van der Waals surface area contributed by atoms with E-state index < -0.39 is 5.41 Å². The summed E-state index contributed by atoms with van der Waals surface area (Å²) in [6.07, 6.45) is 0. The predicted octanol–water partition coefficient (Wildman–Crippen LogP) is 5.49. The number of phenolic OH excluding ortho intramolecular Hbond substituents is 4. The van der Waals surface area contributed by atoms with E-state index in [2.05, 4.69) is 0 Å². The van der Waals surface area contributed by atoms with Gasteiger partial charge in [0.2, 0.25) is 0 Å². The van der Waals surface area contributed by atoms with Crippen molar-refractivity contribution in [1.82, 2.24) is 0 Å². The van der Waals surface area contributed by atoms with E-state index in [1.165, 1.54) is 0 Å². The van der Waals surface area contributed by atoms with Gasteiger partial charge in [-0.2, -0.15) is 0 Å². The zero-order valence-corrected chi connectivity index (χ0v) is 17.2. The maximum Gasteiger partial charge on any atom is 0.126 e. The van der Waals surface area contributed by atoms with Crippen LogP contribution in [0.15, 0.2) is 72.8 Å². The van der Waals surface area contributed by atoms with Crippen molar-refractivity contribution in [2.45, 2.75) is 19.3 Å². The molecule has 0 saturated carbocycles. The third-order valence-electron chi connectivity index (χ3n) is 6.57. The molecule has 4 nitrogen and oxygen atoms in total. The fraction of sp³-hybridized carbons (Fsp3) is 0.111.